The molecule has 0 aliphatic rings. The van der Waals surface area contributed by atoms with E-state index in [1.54, 1.807) is 55.6 Å². The number of nitrogens with one attached hydrogen (secondary N) is 1. The Hall–Kier alpha value is -4.64. The molecule has 3 rings (SSSR count). The summed E-state index contributed by atoms with van der Waals surface area (Å²) >= 11 is 0. The van der Waals surface area contributed by atoms with Crippen molar-refractivity contribution in [3.8, 4) is 17.6 Å². The first-order valence-corrected chi connectivity index (χ1v) is 9.98. The normalized spacial score (nSPS) is 10.7. The highest BCUT2D eigenvalue weighted by atomic mass is 16.6. The van der Waals surface area contributed by atoms with Crippen LogP contribution in [0.3, 0.4) is 0 Å². The number of nitro groups is 1. The van der Waals surface area contributed by atoms with Gasteiger partial charge in [-0.2, -0.15) is 5.26 Å². The molecule has 0 aliphatic carbocycles. The van der Waals surface area contributed by atoms with Crippen molar-refractivity contribution in [1.82, 2.24) is 5.32 Å². The van der Waals surface area contributed by atoms with Crippen LogP contribution >= 0.6 is 0 Å². The minimum atomic E-state index is -0.512. The standard InChI is InChI=1S/C25H21N3O5/c1-32-23-11-9-18(10-12-23)16-27-25(29)21(15-26)14-20-6-2-3-8-24(20)33-17-19-5-4-7-22(13-19)28(30)31/h2-14H,16-17H2,1H3,(H,27,29)/b21-14-. The molecule has 1 amide bonds. The predicted molar refractivity (Wildman–Crippen MR) is 122 cm³/mol. The number of carbonyl (C=O) groups excluding carboxylic acids is 1. The molecule has 33 heavy (non-hydrogen) atoms. The van der Waals surface area contributed by atoms with Gasteiger partial charge in [-0.15, -0.1) is 0 Å². The van der Waals surface area contributed by atoms with Crippen molar-refractivity contribution >= 4 is 17.7 Å². The van der Waals surface area contributed by atoms with Crippen molar-refractivity contribution in [3.63, 3.8) is 0 Å². The van der Waals surface area contributed by atoms with Gasteiger partial charge in [0.15, 0.2) is 0 Å². The molecule has 0 aliphatic heterocycles. The van der Waals surface area contributed by atoms with Gasteiger partial charge >= 0.3 is 0 Å². The monoisotopic (exact) mass is 443 g/mol. The largest absolute Gasteiger partial charge is 0.497 e. The topological polar surface area (TPSA) is 114 Å². The fraction of sp³-hybridized carbons (Fsp3) is 0.120. The molecule has 8 nitrogen and oxygen atoms in total. The summed E-state index contributed by atoms with van der Waals surface area (Å²) < 4.78 is 10.9. The first-order chi connectivity index (χ1) is 16.0. The molecule has 3 aromatic rings. The maximum atomic E-state index is 12.5. The van der Waals surface area contributed by atoms with E-state index in [9.17, 15) is 20.2 Å². The van der Waals surface area contributed by atoms with Crippen molar-refractivity contribution in [1.29, 1.82) is 5.26 Å². The van der Waals surface area contributed by atoms with Gasteiger partial charge in [-0.25, -0.2) is 0 Å². The van der Waals surface area contributed by atoms with E-state index < -0.39 is 10.8 Å². The molecule has 0 heterocycles. The number of para-hydroxylation sites is 1. The molecular formula is C25H21N3O5. The minimum absolute atomic E-state index is 0.0235. The molecule has 0 aromatic heterocycles. The van der Waals surface area contributed by atoms with E-state index in [0.29, 0.717) is 22.6 Å². The second-order valence-corrected chi connectivity index (χ2v) is 6.95. The molecule has 166 valence electrons. The number of amides is 1. The zero-order chi connectivity index (χ0) is 23.6. The number of hydrogen-bond donors (Lipinski definition) is 1. The van der Waals surface area contributed by atoms with E-state index in [4.69, 9.17) is 9.47 Å². The molecular weight excluding hydrogens is 422 g/mol. The Bertz CT molecular complexity index is 1210. The first kappa shape index (κ1) is 23.0. The third kappa shape index (κ3) is 6.42. The Morgan fingerprint density at radius 3 is 2.55 bits per heavy atom. The van der Waals surface area contributed by atoms with Crippen LogP contribution in [0.5, 0.6) is 11.5 Å². The van der Waals surface area contributed by atoms with Crippen molar-refractivity contribution in [2.24, 2.45) is 0 Å². The van der Waals surface area contributed by atoms with Crippen LogP contribution in [0.25, 0.3) is 6.08 Å². The molecule has 0 saturated carbocycles. The number of nitro benzene ring substituents is 1. The van der Waals surface area contributed by atoms with Crippen LogP contribution in [0.1, 0.15) is 16.7 Å². The van der Waals surface area contributed by atoms with Gasteiger partial charge in [0.1, 0.15) is 29.7 Å². The molecule has 0 radical (unpaired) electrons. The Balaban J connectivity index is 1.70. The SMILES string of the molecule is COc1ccc(CNC(=O)/C(C#N)=C\c2ccccc2OCc2cccc([N+](=O)[O-])c2)cc1. The van der Waals surface area contributed by atoms with Gasteiger partial charge in [-0.05, 0) is 35.4 Å². The average molecular weight is 443 g/mol. The molecule has 0 spiro atoms. The average Bonchev–Trinajstić information content (AvgIpc) is 2.85. The maximum Gasteiger partial charge on any atom is 0.269 e. The number of rotatable bonds is 9. The summed E-state index contributed by atoms with van der Waals surface area (Å²) in [6, 6.07) is 22.2. The molecule has 0 atom stereocenters. The quantitative estimate of drug-likeness (QED) is 0.227. The summed E-state index contributed by atoms with van der Waals surface area (Å²) in [7, 11) is 1.58. The third-order valence-corrected chi connectivity index (χ3v) is 4.71. The summed E-state index contributed by atoms with van der Waals surface area (Å²) in [4.78, 5) is 23.0. The van der Waals surface area contributed by atoms with Crippen LogP contribution in [0, 0.1) is 21.4 Å². The summed E-state index contributed by atoms with van der Waals surface area (Å²) in [6.45, 7) is 0.352. The van der Waals surface area contributed by atoms with E-state index >= 15 is 0 Å². The Morgan fingerprint density at radius 1 is 1.09 bits per heavy atom. The van der Waals surface area contributed by atoms with Gasteiger partial charge in [0, 0.05) is 24.2 Å². The Labute approximate surface area is 190 Å². The molecule has 0 bridgehead atoms. The summed E-state index contributed by atoms with van der Waals surface area (Å²) in [5, 5.41) is 23.2. The molecule has 8 heteroatoms. The van der Waals surface area contributed by atoms with E-state index in [2.05, 4.69) is 5.32 Å². The molecule has 3 aromatic carbocycles. The van der Waals surface area contributed by atoms with Crippen LogP contribution in [-0.4, -0.2) is 17.9 Å². The van der Waals surface area contributed by atoms with E-state index in [1.807, 2.05) is 18.2 Å². The fourth-order valence-electron chi connectivity index (χ4n) is 2.98. The molecule has 1 N–H and O–H groups in total. The molecule has 0 saturated heterocycles. The predicted octanol–water partition coefficient (Wildman–Crippen LogP) is 4.41. The summed E-state index contributed by atoms with van der Waals surface area (Å²) in [5.41, 5.74) is 1.93. The zero-order valence-corrected chi connectivity index (χ0v) is 17.9. The van der Waals surface area contributed by atoms with Gasteiger partial charge < -0.3 is 14.8 Å². The van der Waals surface area contributed by atoms with Crippen LogP contribution in [0.15, 0.2) is 78.4 Å². The Morgan fingerprint density at radius 2 is 1.85 bits per heavy atom. The summed E-state index contributed by atoms with van der Waals surface area (Å²) in [6.07, 6.45) is 1.45. The Kier molecular flexibility index (Phi) is 7.76. The first-order valence-electron chi connectivity index (χ1n) is 9.98. The van der Waals surface area contributed by atoms with Gasteiger partial charge in [-0.1, -0.05) is 42.5 Å². The van der Waals surface area contributed by atoms with Gasteiger partial charge in [0.25, 0.3) is 11.6 Å². The highest BCUT2D eigenvalue weighted by molar-refractivity contribution is 6.01. The number of nitriles is 1. The van der Waals surface area contributed by atoms with Crippen molar-refractivity contribution in [2.45, 2.75) is 13.2 Å². The lowest BCUT2D eigenvalue weighted by molar-refractivity contribution is -0.384. The van der Waals surface area contributed by atoms with Crippen LogP contribution in [0.4, 0.5) is 5.69 Å². The van der Waals surface area contributed by atoms with E-state index in [1.165, 1.54) is 18.2 Å². The highest BCUT2D eigenvalue weighted by Crippen LogP contribution is 2.23. The summed E-state index contributed by atoms with van der Waals surface area (Å²) in [5.74, 6) is 0.644. The number of non-ortho nitro benzene ring substituents is 1. The molecule has 0 unspecified atom stereocenters. The van der Waals surface area contributed by atoms with Crippen molar-refractivity contribution in [2.75, 3.05) is 7.11 Å². The lowest BCUT2D eigenvalue weighted by Gasteiger charge is -2.10. The highest BCUT2D eigenvalue weighted by Gasteiger charge is 2.12. The van der Waals surface area contributed by atoms with Gasteiger partial charge in [-0.3, -0.25) is 14.9 Å². The number of carbonyl (C=O) groups is 1. The number of ether oxygens (including phenoxy) is 2. The van der Waals surface area contributed by atoms with Crippen LogP contribution in [0.2, 0.25) is 0 Å². The lowest BCUT2D eigenvalue weighted by atomic mass is 10.1. The van der Waals surface area contributed by atoms with Crippen LogP contribution in [-0.2, 0) is 17.9 Å². The maximum absolute atomic E-state index is 12.5. The zero-order valence-electron chi connectivity index (χ0n) is 17.9. The third-order valence-electron chi connectivity index (χ3n) is 4.71. The number of hydrogen-bond acceptors (Lipinski definition) is 6. The second-order valence-electron chi connectivity index (χ2n) is 6.95. The molecule has 0 fully saturated rings. The smallest absolute Gasteiger partial charge is 0.269 e. The van der Waals surface area contributed by atoms with E-state index in [0.717, 1.165) is 5.56 Å². The van der Waals surface area contributed by atoms with Crippen molar-refractivity contribution in [3.05, 3.63) is 105 Å². The number of nitrogens with zero attached hydrogens (tertiary/aromatic N) is 2. The second kappa shape index (κ2) is 11.1. The van der Waals surface area contributed by atoms with Gasteiger partial charge in [0.2, 0.25) is 0 Å². The fourth-order valence-corrected chi connectivity index (χ4v) is 2.98. The van der Waals surface area contributed by atoms with Crippen molar-refractivity contribution < 1.29 is 19.2 Å². The minimum Gasteiger partial charge on any atom is -0.497 e. The van der Waals surface area contributed by atoms with E-state index in [-0.39, 0.29) is 24.4 Å². The number of benzene rings is 3. The lowest BCUT2D eigenvalue weighted by Crippen LogP contribution is -2.23. The van der Waals surface area contributed by atoms with Crippen LogP contribution < -0.4 is 14.8 Å². The number of methoxy groups -OCH3 is 1. The van der Waals surface area contributed by atoms with Gasteiger partial charge in [0.05, 0.1) is 12.0 Å².